The first-order chi connectivity index (χ1) is 7.92. The number of halogens is 4. The summed E-state index contributed by atoms with van der Waals surface area (Å²) in [7, 11) is 0. The van der Waals surface area contributed by atoms with E-state index in [1.165, 1.54) is 6.07 Å². The van der Waals surface area contributed by atoms with Crippen LogP contribution in [-0.2, 0) is 0 Å². The summed E-state index contributed by atoms with van der Waals surface area (Å²) in [5.41, 5.74) is -4.33. The highest BCUT2D eigenvalue weighted by molar-refractivity contribution is 8.00. The van der Waals surface area contributed by atoms with E-state index in [1.807, 2.05) is 0 Å². The lowest BCUT2D eigenvalue weighted by molar-refractivity contribution is -0.0329. The number of ether oxygens (including phenoxy) is 1. The number of carbonyl (C=O) groups is 1. The van der Waals surface area contributed by atoms with Crippen LogP contribution in [-0.4, -0.2) is 24.2 Å². The van der Waals surface area contributed by atoms with Crippen LogP contribution in [0.2, 0.25) is 0 Å². The SMILES string of the molecule is O=Cc1cc(F)ccc1OCCSC(F)(F)F. The summed E-state index contributed by atoms with van der Waals surface area (Å²) in [4.78, 5) is 10.5. The standard InChI is InChI=1S/C10H8F4O2S/c11-8-1-2-9(7(5-8)6-15)16-3-4-17-10(12,13)14/h1-2,5-6H,3-4H2. The van der Waals surface area contributed by atoms with Gasteiger partial charge in [-0.15, -0.1) is 0 Å². The van der Waals surface area contributed by atoms with Gasteiger partial charge in [-0.1, -0.05) is 0 Å². The zero-order valence-electron chi connectivity index (χ0n) is 8.46. The largest absolute Gasteiger partial charge is 0.492 e. The van der Waals surface area contributed by atoms with Crippen molar-refractivity contribution in [2.75, 3.05) is 12.4 Å². The molecule has 0 aliphatic carbocycles. The van der Waals surface area contributed by atoms with Gasteiger partial charge in [-0.2, -0.15) is 13.2 Å². The Bertz CT molecular complexity index is 392. The third-order valence-electron chi connectivity index (χ3n) is 1.71. The lowest BCUT2D eigenvalue weighted by Gasteiger charge is -2.09. The Kier molecular flexibility index (Phi) is 4.80. The van der Waals surface area contributed by atoms with Gasteiger partial charge in [0, 0.05) is 5.75 Å². The van der Waals surface area contributed by atoms with Crippen molar-refractivity contribution in [1.82, 2.24) is 0 Å². The molecule has 94 valence electrons. The lowest BCUT2D eigenvalue weighted by atomic mass is 10.2. The minimum atomic E-state index is -4.31. The van der Waals surface area contributed by atoms with Crippen molar-refractivity contribution < 1.29 is 27.1 Å². The molecule has 0 unspecified atom stereocenters. The second kappa shape index (κ2) is 5.90. The minimum absolute atomic E-state index is 0.0259. The van der Waals surface area contributed by atoms with Gasteiger partial charge in [0.25, 0.3) is 0 Å². The molecule has 0 saturated carbocycles. The van der Waals surface area contributed by atoms with Crippen LogP contribution < -0.4 is 4.74 Å². The molecule has 0 radical (unpaired) electrons. The molecule has 0 bridgehead atoms. The van der Waals surface area contributed by atoms with Crippen molar-refractivity contribution in [2.45, 2.75) is 5.51 Å². The van der Waals surface area contributed by atoms with Crippen LogP contribution in [0.1, 0.15) is 10.4 Å². The van der Waals surface area contributed by atoms with E-state index in [2.05, 4.69) is 0 Å². The summed E-state index contributed by atoms with van der Waals surface area (Å²) < 4.78 is 53.0. The van der Waals surface area contributed by atoms with Crippen LogP contribution in [0, 0.1) is 5.82 Å². The Morgan fingerprint density at radius 2 is 2.06 bits per heavy atom. The average Bonchev–Trinajstić information content (AvgIpc) is 2.24. The van der Waals surface area contributed by atoms with Crippen molar-refractivity contribution in [3.63, 3.8) is 0 Å². The second-order valence-electron chi connectivity index (χ2n) is 2.94. The predicted octanol–water partition coefficient (Wildman–Crippen LogP) is 3.27. The fraction of sp³-hybridized carbons (Fsp3) is 0.300. The van der Waals surface area contributed by atoms with E-state index in [4.69, 9.17) is 4.74 Å². The molecule has 0 amide bonds. The number of aldehydes is 1. The number of thioether (sulfide) groups is 1. The van der Waals surface area contributed by atoms with E-state index in [0.717, 1.165) is 12.1 Å². The summed E-state index contributed by atoms with van der Waals surface area (Å²) in [5, 5.41) is 0. The average molecular weight is 268 g/mol. The first kappa shape index (κ1) is 13.8. The summed E-state index contributed by atoms with van der Waals surface area (Å²) in [5.74, 6) is -0.826. The maximum absolute atomic E-state index is 12.7. The van der Waals surface area contributed by atoms with E-state index in [-0.39, 0.29) is 35.4 Å². The van der Waals surface area contributed by atoms with Gasteiger partial charge in [0.1, 0.15) is 11.6 Å². The van der Waals surface area contributed by atoms with Crippen LogP contribution in [0.15, 0.2) is 18.2 Å². The Balaban J connectivity index is 2.49. The normalized spacial score (nSPS) is 11.3. The van der Waals surface area contributed by atoms with Gasteiger partial charge in [0.15, 0.2) is 6.29 Å². The number of alkyl halides is 3. The van der Waals surface area contributed by atoms with E-state index in [0.29, 0.717) is 6.29 Å². The van der Waals surface area contributed by atoms with Crippen LogP contribution >= 0.6 is 11.8 Å². The van der Waals surface area contributed by atoms with Crippen LogP contribution in [0.5, 0.6) is 5.75 Å². The summed E-state index contributed by atoms with van der Waals surface area (Å²) >= 11 is -0.218. The lowest BCUT2D eigenvalue weighted by Crippen LogP contribution is -2.08. The molecule has 0 aromatic heterocycles. The molecule has 1 rings (SSSR count). The first-order valence-electron chi connectivity index (χ1n) is 4.50. The maximum atomic E-state index is 12.7. The van der Waals surface area contributed by atoms with Gasteiger partial charge >= 0.3 is 5.51 Å². The van der Waals surface area contributed by atoms with Crippen LogP contribution in [0.4, 0.5) is 17.6 Å². The molecule has 0 aliphatic rings. The molecule has 2 nitrogen and oxygen atoms in total. The first-order valence-corrected chi connectivity index (χ1v) is 5.49. The van der Waals surface area contributed by atoms with Crippen molar-refractivity contribution >= 4 is 18.0 Å². The van der Waals surface area contributed by atoms with Gasteiger partial charge in [0.05, 0.1) is 12.2 Å². The third-order valence-corrected chi connectivity index (χ3v) is 2.40. The number of benzene rings is 1. The van der Waals surface area contributed by atoms with Gasteiger partial charge in [-0.05, 0) is 30.0 Å². The number of hydrogen-bond donors (Lipinski definition) is 0. The molecule has 17 heavy (non-hydrogen) atoms. The predicted molar refractivity (Wildman–Crippen MR) is 55.8 cm³/mol. The summed E-state index contributed by atoms with van der Waals surface area (Å²) in [6.07, 6.45) is 0.384. The van der Waals surface area contributed by atoms with Crippen molar-refractivity contribution in [3.8, 4) is 5.75 Å². The molecule has 1 aromatic carbocycles. The third kappa shape index (κ3) is 5.08. The topological polar surface area (TPSA) is 26.3 Å². The van der Waals surface area contributed by atoms with Gasteiger partial charge in [-0.3, -0.25) is 4.79 Å². The molecular weight excluding hydrogens is 260 g/mol. The molecule has 7 heteroatoms. The molecule has 0 saturated heterocycles. The van der Waals surface area contributed by atoms with Crippen LogP contribution in [0.25, 0.3) is 0 Å². The zero-order valence-corrected chi connectivity index (χ0v) is 9.28. The maximum Gasteiger partial charge on any atom is 0.441 e. The Labute approximate surface area is 99.0 Å². The van der Waals surface area contributed by atoms with Gasteiger partial charge in [0.2, 0.25) is 0 Å². The molecule has 0 atom stereocenters. The highest BCUT2D eigenvalue weighted by atomic mass is 32.2. The molecule has 0 fully saturated rings. The van der Waals surface area contributed by atoms with Crippen LogP contribution in [0.3, 0.4) is 0 Å². The minimum Gasteiger partial charge on any atom is -0.492 e. The van der Waals surface area contributed by atoms with E-state index in [1.54, 1.807) is 0 Å². The quantitative estimate of drug-likeness (QED) is 0.466. The fourth-order valence-corrected chi connectivity index (χ4v) is 1.45. The molecular formula is C10H8F4O2S. The Morgan fingerprint density at radius 3 is 2.65 bits per heavy atom. The summed E-state index contributed by atoms with van der Waals surface area (Å²) in [6.45, 7) is -0.212. The highest BCUT2D eigenvalue weighted by Gasteiger charge is 2.27. The molecule has 0 spiro atoms. The molecule has 0 N–H and O–H groups in total. The van der Waals surface area contributed by atoms with Gasteiger partial charge < -0.3 is 4.74 Å². The van der Waals surface area contributed by atoms with E-state index >= 15 is 0 Å². The Morgan fingerprint density at radius 1 is 1.35 bits per heavy atom. The second-order valence-corrected chi connectivity index (χ2v) is 4.10. The highest BCUT2D eigenvalue weighted by Crippen LogP contribution is 2.30. The molecule has 1 aromatic rings. The smallest absolute Gasteiger partial charge is 0.441 e. The fourth-order valence-electron chi connectivity index (χ4n) is 1.05. The summed E-state index contributed by atoms with van der Waals surface area (Å²) in [6, 6.07) is 3.23. The number of carbonyl (C=O) groups excluding carboxylic acids is 1. The Hall–Kier alpha value is -1.24. The monoisotopic (exact) mass is 268 g/mol. The van der Waals surface area contributed by atoms with Crippen molar-refractivity contribution in [3.05, 3.63) is 29.6 Å². The molecule has 0 aliphatic heterocycles. The van der Waals surface area contributed by atoms with E-state index < -0.39 is 11.3 Å². The zero-order chi connectivity index (χ0) is 12.9. The van der Waals surface area contributed by atoms with Crippen molar-refractivity contribution in [1.29, 1.82) is 0 Å². The number of hydrogen-bond acceptors (Lipinski definition) is 3. The number of rotatable bonds is 5. The van der Waals surface area contributed by atoms with E-state index in [9.17, 15) is 22.4 Å². The van der Waals surface area contributed by atoms with Crippen molar-refractivity contribution in [2.24, 2.45) is 0 Å². The molecule has 0 heterocycles. The van der Waals surface area contributed by atoms with Gasteiger partial charge in [-0.25, -0.2) is 4.39 Å².